The average molecular weight is 661 g/mol. The summed E-state index contributed by atoms with van der Waals surface area (Å²) in [6, 6.07) is 0.677. The van der Waals surface area contributed by atoms with Gasteiger partial charge in [-0.15, -0.1) is 0 Å². The molecule has 1 saturated carbocycles. The number of cyclic esters (lactones) is 1. The van der Waals surface area contributed by atoms with E-state index in [1.165, 1.54) is 12.8 Å². The normalized spacial score (nSPS) is 35.1. The van der Waals surface area contributed by atoms with Crippen LogP contribution < -0.4 is 0 Å². The van der Waals surface area contributed by atoms with Crippen LogP contribution in [0.1, 0.15) is 92.9 Å². The maximum atomic E-state index is 13.3. The Morgan fingerprint density at radius 2 is 1.89 bits per heavy atom. The summed E-state index contributed by atoms with van der Waals surface area (Å²) in [5, 5.41) is 31.8. The second-order valence-electron chi connectivity index (χ2n) is 14.8. The van der Waals surface area contributed by atoms with Crippen LogP contribution in [0.4, 0.5) is 4.79 Å². The zero-order chi connectivity index (χ0) is 34.3. The van der Waals surface area contributed by atoms with Crippen molar-refractivity contribution in [3.63, 3.8) is 0 Å². The SMILES string of the molecule is CCC(O)C(C)C1OC1CC(C)(O)/C=C/C=C(\C)C1OC(=O)CC(O)CCC(C)C(OC(=O)N2CCCN(C3CC3)CC2)/C=C\C1C. The largest absolute Gasteiger partial charge is 0.457 e. The minimum atomic E-state index is -1.12. The minimum Gasteiger partial charge on any atom is -0.457 e. The number of rotatable bonds is 10. The van der Waals surface area contributed by atoms with E-state index in [1.54, 1.807) is 19.1 Å². The number of ether oxygens (including phenoxy) is 3. The van der Waals surface area contributed by atoms with Crippen LogP contribution in [-0.2, 0) is 19.0 Å². The van der Waals surface area contributed by atoms with Crippen molar-refractivity contribution in [1.82, 2.24) is 9.80 Å². The molecule has 4 rings (SSSR count). The number of epoxide rings is 1. The third kappa shape index (κ3) is 11.4. The number of esters is 1. The smallest absolute Gasteiger partial charge is 0.410 e. The minimum absolute atomic E-state index is 0.00842. The number of aliphatic hydroxyl groups is 3. The van der Waals surface area contributed by atoms with E-state index >= 15 is 0 Å². The maximum Gasteiger partial charge on any atom is 0.410 e. The molecule has 3 fully saturated rings. The van der Waals surface area contributed by atoms with Crippen molar-refractivity contribution in [2.24, 2.45) is 17.8 Å². The number of hydrogen-bond donors (Lipinski definition) is 3. The first-order chi connectivity index (χ1) is 22.3. The third-order valence-corrected chi connectivity index (χ3v) is 10.4. The molecular weight excluding hydrogens is 600 g/mol. The Bertz CT molecular complexity index is 1130. The Kier molecular flexibility index (Phi) is 13.5. The van der Waals surface area contributed by atoms with Gasteiger partial charge in [-0.25, -0.2) is 4.79 Å². The highest BCUT2D eigenvalue weighted by Crippen LogP contribution is 2.37. The Morgan fingerprint density at radius 3 is 2.60 bits per heavy atom. The van der Waals surface area contributed by atoms with Crippen molar-refractivity contribution in [2.75, 3.05) is 26.2 Å². The number of carbonyl (C=O) groups is 2. The number of hydrogen-bond acceptors (Lipinski definition) is 9. The van der Waals surface area contributed by atoms with Crippen molar-refractivity contribution < 1.29 is 39.1 Å². The fourth-order valence-corrected chi connectivity index (χ4v) is 6.92. The predicted molar refractivity (Wildman–Crippen MR) is 181 cm³/mol. The fourth-order valence-electron chi connectivity index (χ4n) is 6.92. The van der Waals surface area contributed by atoms with Crippen LogP contribution in [0.25, 0.3) is 0 Å². The second kappa shape index (κ2) is 16.9. The second-order valence-corrected chi connectivity index (χ2v) is 14.8. The van der Waals surface area contributed by atoms with Crippen LogP contribution in [0.5, 0.6) is 0 Å². The van der Waals surface area contributed by atoms with Crippen LogP contribution in [0.2, 0.25) is 0 Å². The van der Waals surface area contributed by atoms with Gasteiger partial charge in [0.05, 0.1) is 36.4 Å². The van der Waals surface area contributed by atoms with Crippen LogP contribution >= 0.6 is 0 Å². The molecule has 0 aromatic rings. The van der Waals surface area contributed by atoms with Crippen LogP contribution in [0.3, 0.4) is 0 Å². The summed E-state index contributed by atoms with van der Waals surface area (Å²) >= 11 is 0. The molecule has 3 heterocycles. The Balaban J connectivity index is 1.41. The number of nitrogens with zero attached hydrogens (tertiary/aromatic N) is 2. The lowest BCUT2D eigenvalue weighted by atomic mass is 9.91. The van der Waals surface area contributed by atoms with Gasteiger partial charge >= 0.3 is 12.1 Å². The highest BCUT2D eigenvalue weighted by Gasteiger charge is 2.47. The van der Waals surface area contributed by atoms with Gasteiger partial charge in [0.2, 0.25) is 0 Å². The van der Waals surface area contributed by atoms with Crippen LogP contribution in [0.15, 0.2) is 36.0 Å². The molecule has 1 amide bonds. The Hall–Kier alpha value is -2.24. The molecule has 2 saturated heterocycles. The third-order valence-electron chi connectivity index (χ3n) is 10.4. The molecule has 266 valence electrons. The van der Waals surface area contributed by atoms with Gasteiger partial charge in [0.25, 0.3) is 0 Å². The molecule has 10 heteroatoms. The quantitative estimate of drug-likeness (QED) is 0.131. The first-order valence-corrected chi connectivity index (χ1v) is 17.9. The van der Waals surface area contributed by atoms with Gasteiger partial charge in [-0.05, 0) is 69.9 Å². The molecule has 4 aliphatic rings. The summed E-state index contributed by atoms with van der Waals surface area (Å²) in [7, 11) is 0. The molecule has 10 nitrogen and oxygen atoms in total. The highest BCUT2D eigenvalue weighted by atomic mass is 16.6. The van der Waals surface area contributed by atoms with E-state index in [1.807, 2.05) is 57.7 Å². The monoisotopic (exact) mass is 660 g/mol. The predicted octanol–water partition coefficient (Wildman–Crippen LogP) is 4.76. The highest BCUT2D eigenvalue weighted by molar-refractivity contribution is 5.70. The summed E-state index contributed by atoms with van der Waals surface area (Å²) in [6.45, 7) is 14.7. The molecular formula is C37H60N2O8. The number of carbonyl (C=O) groups excluding carboxylic acids is 2. The molecule has 0 bridgehead atoms. The number of allylic oxidation sites excluding steroid dienone is 2. The number of amides is 1. The summed E-state index contributed by atoms with van der Waals surface area (Å²) in [6.07, 6.45) is 11.7. The van der Waals surface area contributed by atoms with Gasteiger partial charge in [0.1, 0.15) is 12.2 Å². The van der Waals surface area contributed by atoms with E-state index in [2.05, 4.69) is 4.90 Å². The molecule has 3 aliphatic heterocycles. The Labute approximate surface area is 281 Å². The maximum absolute atomic E-state index is 13.3. The zero-order valence-corrected chi connectivity index (χ0v) is 29.4. The molecule has 0 aromatic carbocycles. The van der Waals surface area contributed by atoms with Crippen LogP contribution in [0, 0.1) is 17.8 Å². The van der Waals surface area contributed by atoms with Crippen LogP contribution in [-0.4, -0.2) is 112 Å². The van der Waals surface area contributed by atoms with Crippen molar-refractivity contribution in [3.05, 3.63) is 36.0 Å². The molecule has 0 radical (unpaired) electrons. The van der Waals surface area contributed by atoms with E-state index < -0.39 is 36.0 Å². The molecule has 47 heavy (non-hydrogen) atoms. The van der Waals surface area contributed by atoms with Crippen molar-refractivity contribution in [2.45, 2.75) is 141 Å². The first-order valence-electron chi connectivity index (χ1n) is 17.9. The zero-order valence-electron chi connectivity index (χ0n) is 29.4. The van der Waals surface area contributed by atoms with Gasteiger partial charge in [-0.2, -0.15) is 0 Å². The Morgan fingerprint density at radius 1 is 1.15 bits per heavy atom. The van der Waals surface area contributed by atoms with Crippen molar-refractivity contribution >= 4 is 12.1 Å². The summed E-state index contributed by atoms with van der Waals surface area (Å²) in [5.41, 5.74) is -0.344. The molecule has 0 aromatic heterocycles. The van der Waals surface area contributed by atoms with Crippen molar-refractivity contribution in [1.29, 1.82) is 0 Å². The molecule has 10 unspecified atom stereocenters. The lowest BCUT2D eigenvalue weighted by molar-refractivity contribution is -0.151. The molecule has 1 aliphatic carbocycles. The summed E-state index contributed by atoms with van der Waals surface area (Å²) in [5.74, 6) is -0.754. The summed E-state index contributed by atoms with van der Waals surface area (Å²) < 4.78 is 17.8. The molecule has 10 atom stereocenters. The lowest BCUT2D eigenvalue weighted by Gasteiger charge is -2.29. The van der Waals surface area contributed by atoms with E-state index in [0.29, 0.717) is 44.8 Å². The molecule has 0 spiro atoms. The van der Waals surface area contributed by atoms with E-state index in [-0.39, 0.29) is 42.5 Å². The van der Waals surface area contributed by atoms with Gasteiger partial charge in [-0.3, -0.25) is 9.69 Å². The topological polar surface area (TPSA) is 132 Å². The van der Waals surface area contributed by atoms with Gasteiger partial charge in [0.15, 0.2) is 0 Å². The van der Waals surface area contributed by atoms with Gasteiger partial charge < -0.3 is 34.4 Å². The first kappa shape index (κ1) is 37.6. The summed E-state index contributed by atoms with van der Waals surface area (Å²) in [4.78, 5) is 30.5. The van der Waals surface area contributed by atoms with E-state index in [9.17, 15) is 24.9 Å². The number of aliphatic hydroxyl groups excluding tert-OH is 2. The van der Waals surface area contributed by atoms with Gasteiger partial charge in [-0.1, -0.05) is 52.0 Å². The van der Waals surface area contributed by atoms with E-state index in [0.717, 1.165) is 25.1 Å². The standard InChI is InChI=1S/C37H60N2O8/c1-7-30(41)27(5)35-32(45-35)23-37(6,44)17-8-10-25(3)34-26(4)12-16-31(24(2)11-15-29(40)22-33(42)47-34)46-36(43)39-19-9-18-38(20-21-39)28-13-14-28/h8,10,12,16-17,24,26-32,34-35,40-41,44H,7,9,11,13-15,18-23H2,1-6H3/b16-12-,17-8+,25-10+. The lowest BCUT2D eigenvalue weighted by Crippen LogP contribution is -2.39. The van der Waals surface area contributed by atoms with Gasteiger partial charge in [0, 0.05) is 50.5 Å². The van der Waals surface area contributed by atoms with Crippen molar-refractivity contribution in [3.8, 4) is 0 Å². The van der Waals surface area contributed by atoms with E-state index in [4.69, 9.17) is 14.2 Å². The average Bonchev–Trinajstić information content (AvgIpc) is 3.93. The molecule has 3 N–H and O–H groups in total. The fraction of sp³-hybridized carbons (Fsp3) is 0.784.